The molecule has 0 amide bonds. The molecular weight excluding hydrogens is 342 g/mol. The van der Waals surface area contributed by atoms with Gasteiger partial charge in [-0.05, 0) is 58.0 Å². The van der Waals surface area contributed by atoms with Gasteiger partial charge in [0.25, 0.3) is 0 Å². The van der Waals surface area contributed by atoms with E-state index in [4.69, 9.17) is 9.47 Å². The van der Waals surface area contributed by atoms with E-state index in [9.17, 15) is 9.59 Å². The number of ether oxygens (including phenoxy) is 2. The van der Waals surface area contributed by atoms with Crippen LogP contribution in [0.3, 0.4) is 0 Å². The number of anilines is 1. The van der Waals surface area contributed by atoms with Crippen LogP contribution >= 0.6 is 0 Å². The maximum atomic E-state index is 11.7. The summed E-state index contributed by atoms with van der Waals surface area (Å²) in [5.74, 6) is -0.474. The highest BCUT2D eigenvalue weighted by atomic mass is 16.5. The van der Waals surface area contributed by atoms with Crippen molar-refractivity contribution in [1.29, 1.82) is 0 Å². The predicted molar refractivity (Wildman–Crippen MR) is 109 cm³/mol. The Hall–Kier alpha value is -3.08. The summed E-state index contributed by atoms with van der Waals surface area (Å²) in [4.78, 5) is 25.3. The Morgan fingerprint density at radius 3 is 2.11 bits per heavy atom. The SMILES string of the molecule is C=C/C(=C\C)N(c1ccc(OC(=O)C(=C)C)cc1)C(C)COC(=O)C(=C)C. The lowest BCUT2D eigenvalue weighted by Gasteiger charge is -2.32. The third-order valence-corrected chi connectivity index (χ3v) is 3.70. The zero-order chi connectivity index (χ0) is 20.6. The number of hydrogen-bond donors (Lipinski definition) is 0. The van der Waals surface area contributed by atoms with Crippen LogP contribution in [-0.2, 0) is 14.3 Å². The van der Waals surface area contributed by atoms with Gasteiger partial charge in [-0.15, -0.1) is 0 Å². The van der Waals surface area contributed by atoms with Crippen molar-refractivity contribution in [2.24, 2.45) is 0 Å². The third kappa shape index (κ3) is 6.29. The van der Waals surface area contributed by atoms with Crippen molar-refractivity contribution in [2.45, 2.75) is 33.7 Å². The molecule has 1 rings (SSSR count). The van der Waals surface area contributed by atoms with Crippen LogP contribution in [0.4, 0.5) is 5.69 Å². The fourth-order valence-electron chi connectivity index (χ4n) is 2.28. The normalized spacial score (nSPS) is 11.9. The first-order chi connectivity index (χ1) is 12.7. The van der Waals surface area contributed by atoms with E-state index >= 15 is 0 Å². The first kappa shape index (κ1) is 22.0. The highest BCUT2D eigenvalue weighted by molar-refractivity contribution is 5.88. The van der Waals surface area contributed by atoms with Crippen LogP contribution in [0.25, 0.3) is 0 Å². The van der Waals surface area contributed by atoms with Crippen molar-refractivity contribution < 1.29 is 19.1 Å². The predicted octanol–water partition coefficient (Wildman–Crippen LogP) is 4.57. The quantitative estimate of drug-likeness (QED) is 0.276. The standard InChI is InChI=1S/C22H27NO4/c1-8-18(9-2)23(17(7)14-26-21(24)15(3)4)19-10-12-20(13-11-19)27-22(25)16(5)6/h8-13,17H,1,3,5,14H2,2,4,6-7H3/b18-9+. The second-order valence-electron chi connectivity index (χ2n) is 6.18. The molecule has 27 heavy (non-hydrogen) atoms. The fraction of sp³-hybridized carbons (Fsp3) is 0.273. The molecule has 0 saturated heterocycles. The van der Waals surface area contributed by atoms with Gasteiger partial charge in [0.2, 0.25) is 0 Å². The zero-order valence-electron chi connectivity index (χ0n) is 16.5. The molecule has 5 nitrogen and oxygen atoms in total. The number of hydrogen-bond acceptors (Lipinski definition) is 5. The lowest BCUT2D eigenvalue weighted by molar-refractivity contribution is -0.139. The van der Waals surface area contributed by atoms with Gasteiger partial charge in [0, 0.05) is 22.5 Å². The first-order valence-electron chi connectivity index (χ1n) is 8.59. The molecule has 0 aromatic heterocycles. The fourth-order valence-corrected chi connectivity index (χ4v) is 2.28. The molecule has 0 aliphatic heterocycles. The molecule has 0 spiro atoms. The van der Waals surface area contributed by atoms with Crippen LogP contribution < -0.4 is 9.64 Å². The minimum absolute atomic E-state index is 0.152. The van der Waals surface area contributed by atoms with Gasteiger partial charge < -0.3 is 14.4 Å². The number of allylic oxidation sites excluding steroid dienone is 2. The Morgan fingerprint density at radius 2 is 1.67 bits per heavy atom. The van der Waals surface area contributed by atoms with Gasteiger partial charge in [0.05, 0.1) is 6.04 Å². The molecule has 1 aromatic carbocycles. The second-order valence-corrected chi connectivity index (χ2v) is 6.18. The number of rotatable bonds is 9. The van der Waals surface area contributed by atoms with Crippen molar-refractivity contribution >= 4 is 17.6 Å². The second kappa shape index (κ2) is 10.2. The van der Waals surface area contributed by atoms with E-state index in [1.807, 2.05) is 37.0 Å². The average molecular weight is 369 g/mol. The topological polar surface area (TPSA) is 55.8 Å². The summed E-state index contributed by atoms with van der Waals surface area (Å²) in [6.45, 7) is 18.2. The molecule has 1 aromatic rings. The Balaban J connectivity index is 3.05. The van der Waals surface area contributed by atoms with Gasteiger partial charge in [0.1, 0.15) is 12.4 Å². The number of carbonyl (C=O) groups is 2. The molecule has 1 atom stereocenters. The molecule has 0 heterocycles. The van der Waals surface area contributed by atoms with Crippen molar-refractivity contribution in [3.8, 4) is 5.75 Å². The summed E-state index contributed by atoms with van der Waals surface area (Å²) < 4.78 is 10.5. The molecule has 0 radical (unpaired) electrons. The summed E-state index contributed by atoms with van der Waals surface area (Å²) in [6, 6.07) is 6.90. The molecule has 0 bridgehead atoms. The van der Waals surface area contributed by atoms with Gasteiger partial charge in [-0.2, -0.15) is 0 Å². The molecule has 0 saturated carbocycles. The van der Waals surface area contributed by atoms with Crippen molar-refractivity contribution in [2.75, 3.05) is 11.5 Å². The van der Waals surface area contributed by atoms with Gasteiger partial charge in [-0.3, -0.25) is 0 Å². The molecule has 144 valence electrons. The summed E-state index contributed by atoms with van der Waals surface area (Å²) in [5, 5.41) is 0. The number of esters is 2. The molecule has 1 unspecified atom stereocenters. The highest BCUT2D eigenvalue weighted by Crippen LogP contribution is 2.26. The van der Waals surface area contributed by atoms with E-state index in [1.54, 1.807) is 32.1 Å². The Labute approximate surface area is 161 Å². The lowest BCUT2D eigenvalue weighted by Crippen LogP contribution is -2.36. The maximum Gasteiger partial charge on any atom is 0.338 e. The summed E-state index contributed by atoms with van der Waals surface area (Å²) >= 11 is 0. The molecule has 0 fully saturated rings. The van der Waals surface area contributed by atoms with Crippen molar-refractivity contribution in [3.63, 3.8) is 0 Å². The highest BCUT2D eigenvalue weighted by Gasteiger charge is 2.19. The molecule has 5 heteroatoms. The average Bonchev–Trinajstić information content (AvgIpc) is 2.64. The summed E-state index contributed by atoms with van der Waals surface area (Å²) in [6.07, 6.45) is 3.64. The van der Waals surface area contributed by atoms with Gasteiger partial charge >= 0.3 is 11.9 Å². The smallest absolute Gasteiger partial charge is 0.338 e. The van der Waals surface area contributed by atoms with E-state index < -0.39 is 11.9 Å². The Morgan fingerprint density at radius 1 is 1.11 bits per heavy atom. The van der Waals surface area contributed by atoms with E-state index in [1.165, 1.54) is 0 Å². The van der Waals surface area contributed by atoms with Crippen LogP contribution in [0, 0.1) is 0 Å². The molecule has 0 aliphatic carbocycles. The van der Waals surface area contributed by atoms with Crippen LogP contribution in [-0.4, -0.2) is 24.6 Å². The number of nitrogens with zero attached hydrogens (tertiary/aromatic N) is 1. The Kier molecular flexibility index (Phi) is 8.27. The van der Waals surface area contributed by atoms with E-state index in [0.29, 0.717) is 16.9 Å². The zero-order valence-corrected chi connectivity index (χ0v) is 16.5. The third-order valence-electron chi connectivity index (χ3n) is 3.70. The van der Waals surface area contributed by atoms with Gasteiger partial charge in [-0.25, -0.2) is 9.59 Å². The van der Waals surface area contributed by atoms with E-state index in [0.717, 1.165) is 11.4 Å². The molecule has 0 aliphatic rings. The van der Waals surface area contributed by atoms with Crippen molar-refractivity contribution in [3.05, 3.63) is 73.0 Å². The minimum atomic E-state index is -0.472. The van der Waals surface area contributed by atoms with E-state index in [2.05, 4.69) is 19.7 Å². The van der Waals surface area contributed by atoms with E-state index in [-0.39, 0.29) is 12.6 Å². The van der Waals surface area contributed by atoms with Crippen LogP contribution in [0.5, 0.6) is 5.75 Å². The lowest BCUT2D eigenvalue weighted by atomic mass is 10.2. The van der Waals surface area contributed by atoms with Crippen molar-refractivity contribution in [1.82, 2.24) is 0 Å². The minimum Gasteiger partial charge on any atom is -0.460 e. The largest absolute Gasteiger partial charge is 0.460 e. The van der Waals surface area contributed by atoms with Gasteiger partial charge in [0.15, 0.2) is 0 Å². The summed E-state index contributed by atoms with van der Waals surface area (Å²) in [7, 11) is 0. The number of carbonyl (C=O) groups excluding carboxylic acids is 2. The monoisotopic (exact) mass is 369 g/mol. The van der Waals surface area contributed by atoms with Gasteiger partial charge in [-0.1, -0.05) is 25.8 Å². The number of benzene rings is 1. The molecule has 0 N–H and O–H groups in total. The van der Waals surface area contributed by atoms with Crippen LogP contribution in [0.1, 0.15) is 27.7 Å². The maximum absolute atomic E-state index is 11.7. The van der Waals surface area contributed by atoms with Crippen LogP contribution in [0.15, 0.2) is 73.0 Å². The van der Waals surface area contributed by atoms with Crippen LogP contribution in [0.2, 0.25) is 0 Å². The first-order valence-corrected chi connectivity index (χ1v) is 8.59. The Bertz CT molecular complexity index is 759. The molecular formula is C22H27NO4. The summed E-state index contributed by atoms with van der Waals surface area (Å²) in [5.41, 5.74) is 2.39.